The molecule has 0 aliphatic heterocycles. The van der Waals surface area contributed by atoms with Crippen LogP contribution < -0.4 is 10.1 Å². The number of nitrogens with zero attached hydrogens (tertiary/aromatic N) is 1. The highest BCUT2D eigenvalue weighted by molar-refractivity contribution is 5.84. The Morgan fingerprint density at radius 3 is 3.00 bits per heavy atom. The lowest BCUT2D eigenvalue weighted by molar-refractivity contribution is 0.169. The Bertz CT molecular complexity index is 511. The van der Waals surface area contributed by atoms with Crippen LogP contribution in [0.5, 0.6) is 5.75 Å². The van der Waals surface area contributed by atoms with E-state index in [0.29, 0.717) is 19.3 Å². The van der Waals surface area contributed by atoms with Gasteiger partial charge in [0.2, 0.25) is 0 Å². The maximum Gasteiger partial charge on any atom is 0.128 e. The van der Waals surface area contributed by atoms with Gasteiger partial charge in [0, 0.05) is 31.3 Å². The molecule has 0 saturated heterocycles. The van der Waals surface area contributed by atoms with Gasteiger partial charge in [-0.1, -0.05) is 6.07 Å². The van der Waals surface area contributed by atoms with E-state index in [1.54, 1.807) is 13.3 Å². The summed E-state index contributed by atoms with van der Waals surface area (Å²) < 4.78 is 10.9. The first-order valence-electron chi connectivity index (χ1n) is 6.50. The van der Waals surface area contributed by atoms with E-state index in [-0.39, 0.29) is 0 Å². The molecule has 1 unspecified atom stereocenters. The highest BCUT2D eigenvalue weighted by Crippen LogP contribution is 2.23. The average molecular weight is 260 g/mol. The maximum atomic E-state index is 5.80. The van der Waals surface area contributed by atoms with Crippen molar-refractivity contribution in [3.05, 3.63) is 36.5 Å². The highest BCUT2D eigenvalue weighted by Gasteiger charge is 2.03. The fraction of sp³-hybridized carbons (Fsp3) is 0.400. The van der Waals surface area contributed by atoms with Gasteiger partial charge in [0.25, 0.3) is 0 Å². The van der Waals surface area contributed by atoms with Crippen molar-refractivity contribution in [2.24, 2.45) is 0 Å². The third-order valence-electron chi connectivity index (χ3n) is 2.87. The molecule has 0 fully saturated rings. The van der Waals surface area contributed by atoms with Crippen molar-refractivity contribution in [2.45, 2.75) is 13.0 Å². The van der Waals surface area contributed by atoms with Crippen molar-refractivity contribution >= 4 is 10.9 Å². The molecule has 0 aliphatic carbocycles. The van der Waals surface area contributed by atoms with Gasteiger partial charge in [-0.05, 0) is 31.2 Å². The molecule has 4 heteroatoms. The molecule has 4 nitrogen and oxygen atoms in total. The molecule has 0 spiro atoms. The number of benzene rings is 1. The van der Waals surface area contributed by atoms with E-state index >= 15 is 0 Å². The second kappa shape index (κ2) is 7.07. The molecule has 0 aliphatic rings. The molecule has 1 N–H and O–H groups in total. The first-order chi connectivity index (χ1) is 9.31. The topological polar surface area (TPSA) is 43.4 Å². The van der Waals surface area contributed by atoms with Gasteiger partial charge in [0.05, 0.1) is 12.1 Å². The minimum Gasteiger partial charge on any atom is -0.492 e. The van der Waals surface area contributed by atoms with Crippen LogP contribution in [-0.4, -0.2) is 37.9 Å². The summed E-state index contributed by atoms with van der Waals surface area (Å²) in [6.45, 7) is 4.22. The predicted octanol–water partition coefficient (Wildman–Crippen LogP) is 2.24. The molecule has 1 heterocycles. The number of ether oxygens (including phenoxy) is 2. The van der Waals surface area contributed by atoms with Crippen LogP contribution in [0.1, 0.15) is 6.92 Å². The molecule has 0 saturated carbocycles. The van der Waals surface area contributed by atoms with Crippen molar-refractivity contribution in [3.8, 4) is 5.75 Å². The van der Waals surface area contributed by atoms with Crippen molar-refractivity contribution in [3.63, 3.8) is 0 Å². The lowest BCUT2D eigenvalue weighted by Gasteiger charge is -2.13. The zero-order valence-electron chi connectivity index (χ0n) is 11.4. The van der Waals surface area contributed by atoms with Crippen molar-refractivity contribution in [1.29, 1.82) is 0 Å². The second-order valence-corrected chi connectivity index (χ2v) is 4.49. The molecule has 1 atom stereocenters. The number of pyridine rings is 1. The predicted molar refractivity (Wildman–Crippen MR) is 76.6 cm³/mol. The first-order valence-corrected chi connectivity index (χ1v) is 6.50. The molecule has 0 radical (unpaired) electrons. The number of aromatic nitrogens is 1. The third-order valence-corrected chi connectivity index (χ3v) is 2.87. The molecule has 0 bridgehead atoms. The van der Waals surface area contributed by atoms with Gasteiger partial charge in [-0.2, -0.15) is 0 Å². The normalized spacial score (nSPS) is 12.5. The van der Waals surface area contributed by atoms with E-state index in [1.165, 1.54) is 0 Å². The molecule has 0 amide bonds. The Morgan fingerprint density at radius 1 is 1.26 bits per heavy atom. The summed E-state index contributed by atoms with van der Waals surface area (Å²) in [4.78, 5) is 4.31. The van der Waals surface area contributed by atoms with Gasteiger partial charge >= 0.3 is 0 Å². The summed E-state index contributed by atoms with van der Waals surface area (Å²) in [6, 6.07) is 10.2. The van der Waals surface area contributed by atoms with E-state index in [9.17, 15) is 0 Å². The quantitative estimate of drug-likeness (QED) is 0.775. The number of methoxy groups -OCH3 is 1. The van der Waals surface area contributed by atoms with E-state index in [2.05, 4.69) is 17.2 Å². The maximum absolute atomic E-state index is 5.80. The van der Waals surface area contributed by atoms with Crippen molar-refractivity contribution in [1.82, 2.24) is 10.3 Å². The smallest absolute Gasteiger partial charge is 0.128 e. The Morgan fingerprint density at radius 2 is 2.16 bits per heavy atom. The molecule has 1 aromatic carbocycles. The minimum absolute atomic E-state index is 0.336. The highest BCUT2D eigenvalue weighted by atomic mass is 16.5. The molecule has 1 aromatic heterocycles. The largest absolute Gasteiger partial charge is 0.492 e. The summed E-state index contributed by atoms with van der Waals surface area (Å²) in [5.74, 6) is 0.881. The molecule has 102 valence electrons. The van der Waals surface area contributed by atoms with Crippen LogP contribution in [0.15, 0.2) is 36.5 Å². The second-order valence-electron chi connectivity index (χ2n) is 4.49. The Kier molecular flexibility index (Phi) is 5.12. The van der Waals surface area contributed by atoms with Crippen LogP contribution in [0.2, 0.25) is 0 Å². The van der Waals surface area contributed by atoms with Gasteiger partial charge < -0.3 is 14.8 Å². The van der Waals surface area contributed by atoms with Crippen LogP contribution >= 0.6 is 0 Å². The minimum atomic E-state index is 0.336. The van der Waals surface area contributed by atoms with Crippen LogP contribution in [0, 0.1) is 0 Å². The summed E-state index contributed by atoms with van der Waals surface area (Å²) in [6.07, 6.45) is 1.79. The van der Waals surface area contributed by atoms with E-state index in [0.717, 1.165) is 23.2 Å². The zero-order valence-corrected chi connectivity index (χ0v) is 11.4. The molecule has 2 aromatic rings. The number of nitrogens with one attached hydrogen (secondary N) is 1. The van der Waals surface area contributed by atoms with Crippen LogP contribution in [0.25, 0.3) is 10.9 Å². The standard InChI is InChI=1S/C15H20N2O2/c1-12(11-18-2)16-9-10-19-15-7-3-6-14-13(15)5-4-8-17-14/h3-8,12,16H,9-11H2,1-2H3. The van der Waals surface area contributed by atoms with Gasteiger partial charge in [0.1, 0.15) is 12.4 Å². The number of hydrogen-bond donors (Lipinski definition) is 1. The summed E-state index contributed by atoms with van der Waals surface area (Å²) in [7, 11) is 1.71. The molecular weight excluding hydrogens is 240 g/mol. The van der Waals surface area contributed by atoms with Crippen LogP contribution in [-0.2, 0) is 4.74 Å². The van der Waals surface area contributed by atoms with E-state index in [4.69, 9.17) is 9.47 Å². The third kappa shape index (κ3) is 3.91. The van der Waals surface area contributed by atoms with E-state index < -0.39 is 0 Å². The van der Waals surface area contributed by atoms with Gasteiger partial charge in [0.15, 0.2) is 0 Å². The van der Waals surface area contributed by atoms with Crippen LogP contribution in [0.4, 0.5) is 0 Å². The lowest BCUT2D eigenvalue weighted by Crippen LogP contribution is -2.33. The molecule has 19 heavy (non-hydrogen) atoms. The monoisotopic (exact) mass is 260 g/mol. The van der Waals surface area contributed by atoms with E-state index in [1.807, 2.05) is 30.3 Å². The van der Waals surface area contributed by atoms with Crippen molar-refractivity contribution in [2.75, 3.05) is 26.9 Å². The molecular formula is C15H20N2O2. The summed E-state index contributed by atoms with van der Waals surface area (Å²) >= 11 is 0. The Labute approximate surface area is 113 Å². The average Bonchev–Trinajstić information content (AvgIpc) is 2.44. The SMILES string of the molecule is COCC(C)NCCOc1cccc2ncccc12. The fourth-order valence-corrected chi connectivity index (χ4v) is 1.98. The first kappa shape index (κ1) is 13.8. The lowest BCUT2D eigenvalue weighted by atomic mass is 10.2. The number of fused-ring (bicyclic) bond motifs is 1. The molecule has 2 rings (SSSR count). The van der Waals surface area contributed by atoms with Crippen molar-refractivity contribution < 1.29 is 9.47 Å². The number of rotatable bonds is 7. The fourth-order valence-electron chi connectivity index (χ4n) is 1.98. The van der Waals surface area contributed by atoms with Crippen LogP contribution in [0.3, 0.4) is 0 Å². The summed E-state index contributed by atoms with van der Waals surface area (Å²) in [5.41, 5.74) is 0.959. The number of hydrogen-bond acceptors (Lipinski definition) is 4. The zero-order chi connectivity index (χ0) is 13.5. The van der Waals surface area contributed by atoms with Gasteiger partial charge in [-0.25, -0.2) is 0 Å². The van der Waals surface area contributed by atoms with Gasteiger partial charge in [-0.3, -0.25) is 4.98 Å². The Balaban J connectivity index is 1.88. The van der Waals surface area contributed by atoms with Gasteiger partial charge in [-0.15, -0.1) is 0 Å². The Hall–Kier alpha value is -1.65. The summed E-state index contributed by atoms with van der Waals surface area (Å²) in [5, 5.41) is 4.39.